The molecule has 1 unspecified atom stereocenters. The van der Waals surface area contributed by atoms with Crippen LogP contribution in [0.15, 0.2) is 41.2 Å². The van der Waals surface area contributed by atoms with Crippen molar-refractivity contribution < 1.29 is 4.79 Å². The zero-order chi connectivity index (χ0) is 15.7. The van der Waals surface area contributed by atoms with Gasteiger partial charge in [-0.05, 0) is 44.0 Å². The molecule has 0 radical (unpaired) electrons. The van der Waals surface area contributed by atoms with E-state index in [0.29, 0.717) is 16.6 Å². The first-order valence-corrected chi connectivity index (χ1v) is 7.58. The van der Waals surface area contributed by atoms with Gasteiger partial charge in [0.1, 0.15) is 6.04 Å². The SMILES string of the molecule is CC(C(=O)Nc1cccc(Cl)c1)n1nc(C2CC2)ccc1=O. The average Bonchev–Trinajstić information content (AvgIpc) is 3.32. The number of anilines is 1. The van der Waals surface area contributed by atoms with E-state index in [4.69, 9.17) is 11.6 Å². The Balaban J connectivity index is 1.80. The molecule has 22 heavy (non-hydrogen) atoms. The van der Waals surface area contributed by atoms with Crippen molar-refractivity contribution in [2.24, 2.45) is 0 Å². The van der Waals surface area contributed by atoms with Crippen LogP contribution < -0.4 is 10.9 Å². The summed E-state index contributed by atoms with van der Waals surface area (Å²) in [5.74, 6) is 0.125. The lowest BCUT2D eigenvalue weighted by Gasteiger charge is -2.15. The van der Waals surface area contributed by atoms with Gasteiger partial charge >= 0.3 is 0 Å². The number of halogens is 1. The van der Waals surface area contributed by atoms with E-state index < -0.39 is 6.04 Å². The van der Waals surface area contributed by atoms with Crippen molar-refractivity contribution in [3.63, 3.8) is 0 Å². The van der Waals surface area contributed by atoms with Gasteiger partial charge in [-0.25, -0.2) is 4.68 Å². The molecule has 0 bridgehead atoms. The molecule has 0 saturated heterocycles. The van der Waals surface area contributed by atoms with Crippen molar-refractivity contribution in [2.45, 2.75) is 31.7 Å². The zero-order valence-corrected chi connectivity index (χ0v) is 12.9. The van der Waals surface area contributed by atoms with Crippen molar-refractivity contribution in [1.29, 1.82) is 0 Å². The molecule has 2 aromatic rings. The normalized spacial score (nSPS) is 15.4. The van der Waals surface area contributed by atoms with E-state index >= 15 is 0 Å². The lowest BCUT2D eigenvalue weighted by Crippen LogP contribution is -2.33. The monoisotopic (exact) mass is 317 g/mol. The van der Waals surface area contributed by atoms with E-state index in [9.17, 15) is 9.59 Å². The fourth-order valence-electron chi connectivity index (χ4n) is 2.24. The number of hydrogen-bond acceptors (Lipinski definition) is 3. The number of carbonyl (C=O) groups is 1. The molecular weight excluding hydrogens is 302 g/mol. The molecule has 1 heterocycles. The topological polar surface area (TPSA) is 64.0 Å². The standard InChI is InChI=1S/C16H16ClN3O2/c1-10(16(22)18-13-4-2-3-12(17)9-13)20-15(21)8-7-14(19-20)11-5-6-11/h2-4,7-11H,5-6H2,1H3,(H,18,22). The first-order valence-electron chi connectivity index (χ1n) is 7.21. The number of aromatic nitrogens is 2. The summed E-state index contributed by atoms with van der Waals surface area (Å²) in [6.45, 7) is 1.66. The van der Waals surface area contributed by atoms with E-state index in [2.05, 4.69) is 10.4 Å². The number of rotatable bonds is 4. The molecule has 114 valence electrons. The Hall–Kier alpha value is -2.14. The Bertz CT molecular complexity index is 768. The van der Waals surface area contributed by atoms with Crippen molar-refractivity contribution in [3.8, 4) is 0 Å². The molecule has 1 aromatic carbocycles. The third-order valence-corrected chi connectivity index (χ3v) is 3.91. The number of benzene rings is 1. The van der Waals surface area contributed by atoms with Crippen LogP contribution >= 0.6 is 11.6 Å². The van der Waals surface area contributed by atoms with Crippen LogP contribution in [-0.4, -0.2) is 15.7 Å². The molecule has 6 heteroatoms. The summed E-state index contributed by atoms with van der Waals surface area (Å²) < 4.78 is 1.24. The highest BCUT2D eigenvalue weighted by atomic mass is 35.5. The summed E-state index contributed by atoms with van der Waals surface area (Å²) in [5.41, 5.74) is 1.19. The minimum Gasteiger partial charge on any atom is -0.324 e. The van der Waals surface area contributed by atoms with Gasteiger partial charge in [0, 0.05) is 22.7 Å². The Morgan fingerprint density at radius 3 is 2.82 bits per heavy atom. The van der Waals surface area contributed by atoms with E-state index in [1.807, 2.05) is 0 Å². The molecular formula is C16H16ClN3O2. The summed E-state index contributed by atoms with van der Waals surface area (Å²) in [6.07, 6.45) is 2.18. The van der Waals surface area contributed by atoms with Crippen LogP contribution in [0.5, 0.6) is 0 Å². The molecule has 1 saturated carbocycles. The number of nitrogens with one attached hydrogen (secondary N) is 1. The largest absolute Gasteiger partial charge is 0.324 e. The predicted molar refractivity (Wildman–Crippen MR) is 85.3 cm³/mol. The average molecular weight is 318 g/mol. The molecule has 0 spiro atoms. The third-order valence-electron chi connectivity index (χ3n) is 3.68. The summed E-state index contributed by atoms with van der Waals surface area (Å²) in [4.78, 5) is 24.3. The van der Waals surface area contributed by atoms with E-state index in [1.165, 1.54) is 10.7 Å². The quantitative estimate of drug-likeness (QED) is 0.943. The van der Waals surface area contributed by atoms with Gasteiger partial charge < -0.3 is 5.32 Å². The maximum absolute atomic E-state index is 12.3. The van der Waals surface area contributed by atoms with E-state index in [-0.39, 0.29) is 11.5 Å². The fourth-order valence-corrected chi connectivity index (χ4v) is 2.43. The molecule has 1 amide bonds. The van der Waals surface area contributed by atoms with Gasteiger partial charge in [0.05, 0.1) is 5.69 Å². The van der Waals surface area contributed by atoms with Gasteiger partial charge in [-0.1, -0.05) is 17.7 Å². The van der Waals surface area contributed by atoms with Crippen molar-refractivity contribution in [3.05, 3.63) is 57.5 Å². The van der Waals surface area contributed by atoms with E-state index in [1.54, 1.807) is 37.3 Å². The first kappa shape index (κ1) is 14.8. The summed E-state index contributed by atoms with van der Waals surface area (Å²) in [7, 11) is 0. The van der Waals surface area contributed by atoms with Gasteiger partial charge in [-0.15, -0.1) is 0 Å². The zero-order valence-electron chi connectivity index (χ0n) is 12.1. The van der Waals surface area contributed by atoms with Gasteiger partial charge in [0.15, 0.2) is 0 Å². The van der Waals surface area contributed by atoms with Gasteiger partial charge in [0.2, 0.25) is 5.91 Å². The second kappa shape index (κ2) is 5.93. The molecule has 0 aliphatic heterocycles. The molecule has 1 N–H and O–H groups in total. The van der Waals surface area contributed by atoms with Gasteiger partial charge in [-0.2, -0.15) is 5.10 Å². The number of amides is 1. The molecule has 5 nitrogen and oxygen atoms in total. The number of carbonyl (C=O) groups excluding carboxylic acids is 1. The van der Waals surface area contributed by atoms with Crippen LogP contribution in [0.4, 0.5) is 5.69 Å². The van der Waals surface area contributed by atoms with Crippen LogP contribution in [0, 0.1) is 0 Å². The van der Waals surface area contributed by atoms with E-state index in [0.717, 1.165) is 18.5 Å². The molecule has 1 aliphatic carbocycles. The Morgan fingerprint density at radius 2 is 2.14 bits per heavy atom. The Kier molecular flexibility index (Phi) is 3.98. The molecule has 1 aromatic heterocycles. The second-order valence-electron chi connectivity index (χ2n) is 5.49. The minimum atomic E-state index is -0.690. The minimum absolute atomic E-state index is 0.279. The number of hydrogen-bond donors (Lipinski definition) is 1. The van der Waals surface area contributed by atoms with Crippen LogP contribution in [0.3, 0.4) is 0 Å². The maximum Gasteiger partial charge on any atom is 0.267 e. The Labute approximate surface area is 132 Å². The number of nitrogens with zero attached hydrogens (tertiary/aromatic N) is 2. The predicted octanol–water partition coefficient (Wildman–Crippen LogP) is 2.97. The van der Waals surface area contributed by atoms with Gasteiger partial charge in [-0.3, -0.25) is 9.59 Å². The highest BCUT2D eigenvalue weighted by Crippen LogP contribution is 2.38. The third kappa shape index (κ3) is 3.20. The molecule has 1 fully saturated rings. The van der Waals surface area contributed by atoms with Crippen molar-refractivity contribution in [2.75, 3.05) is 5.32 Å². The molecule has 3 rings (SSSR count). The van der Waals surface area contributed by atoms with Crippen LogP contribution in [0.1, 0.15) is 37.4 Å². The molecule has 1 atom stereocenters. The van der Waals surface area contributed by atoms with Crippen LogP contribution in [0.2, 0.25) is 5.02 Å². The highest BCUT2D eigenvalue weighted by Gasteiger charge is 2.27. The Morgan fingerprint density at radius 1 is 1.36 bits per heavy atom. The smallest absolute Gasteiger partial charge is 0.267 e. The summed E-state index contributed by atoms with van der Waals surface area (Å²) in [5, 5.41) is 7.62. The van der Waals surface area contributed by atoms with Crippen LogP contribution in [-0.2, 0) is 4.79 Å². The lowest BCUT2D eigenvalue weighted by molar-refractivity contribution is -0.119. The second-order valence-corrected chi connectivity index (χ2v) is 5.93. The van der Waals surface area contributed by atoms with Gasteiger partial charge in [0.25, 0.3) is 5.56 Å². The maximum atomic E-state index is 12.3. The van der Waals surface area contributed by atoms with Crippen molar-refractivity contribution in [1.82, 2.24) is 9.78 Å². The lowest BCUT2D eigenvalue weighted by atomic mass is 10.2. The summed E-state index contributed by atoms with van der Waals surface area (Å²) >= 11 is 5.89. The van der Waals surface area contributed by atoms with Crippen LogP contribution in [0.25, 0.3) is 0 Å². The highest BCUT2D eigenvalue weighted by molar-refractivity contribution is 6.30. The first-order chi connectivity index (χ1) is 10.5. The molecule has 1 aliphatic rings. The summed E-state index contributed by atoms with van der Waals surface area (Å²) in [6, 6.07) is 9.41. The fraction of sp³-hybridized carbons (Fsp3) is 0.312. The van der Waals surface area contributed by atoms with Crippen molar-refractivity contribution >= 4 is 23.2 Å².